The molecule has 3 aromatic heterocycles. The molecule has 4 aromatic rings. The number of ether oxygens (including phenoxy) is 1. The van der Waals surface area contributed by atoms with Crippen LogP contribution in [0.15, 0.2) is 35.7 Å². The Hall–Kier alpha value is -2.36. The molecule has 28 heavy (non-hydrogen) atoms. The van der Waals surface area contributed by atoms with E-state index in [0.29, 0.717) is 5.75 Å². The molecule has 0 saturated carbocycles. The molecule has 9 heteroatoms. The van der Waals surface area contributed by atoms with Crippen LogP contribution in [0, 0.1) is 6.92 Å². The predicted molar refractivity (Wildman–Crippen MR) is 115 cm³/mol. The number of anilines is 1. The van der Waals surface area contributed by atoms with E-state index in [0.717, 1.165) is 38.2 Å². The Kier molecular flexibility index (Phi) is 4.37. The molecule has 1 amide bonds. The summed E-state index contributed by atoms with van der Waals surface area (Å²) >= 11 is 4.86. The Morgan fingerprint density at radius 1 is 1.32 bits per heavy atom. The summed E-state index contributed by atoms with van der Waals surface area (Å²) < 4.78 is 8.10. The molecule has 1 atom stereocenters. The van der Waals surface area contributed by atoms with Crippen LogP contribution in [0.5, 0.6) is 5.75 Å². The number of nitrogens with one attached hydrogen (secondary N) is 1. The number of thioether (sulfide) groups is 1. The topological polar surface area (TPSA) is 69.0 Å². The lowest BCUT2D eigenvalue weighted by molar-refractivity contribution is -0.113. The summed E-state index contributed by atoms with van der Waals surface area (Å²) in [4.78, 5) is 18.4. The van der Waals surface area contributed by atoms with E-state index in [9.17, 15) is 4.79 Å². The van der Waals surface area contributed by atoms with Gasteiger partial charge in [-0.3, -0.25) is 4.79 Å². The molecule has 1 aliphatic rings. The summed E-state index contributed by atoms with van der Waals surface area (Å²) in [6, 6.07) is 9.95. The molecule has 1 N–H and O–H groups in total. The number of hydrogen-bond donors (Lipinski definition) is 1. The maximum Gasteiger partial charge on any atom is 0.235 e. The number of carbonyl (C=O) groups is 1. The van der Waals surface area contributed by atoms with E-state index in [4.69, 9.17) is 14.8 Å². The summed E-state index contributed by atoms with van der Waals surface area (Å²) in [5.74, 6) is 1.90. The van der Waals surface area contributed by atoms with Crippen LogP contribution in [0.4, 0.5) is 5.82 Å². The number of rotatable bonds is 3. The second kappa shape index (κ2) is 6.91. The minimum Gasteiger partial charge on any atom is -0.497 e. The minimum atomic E-state index is -0.0192. The van der Waals surface area contributed by atoms with Crippen molar-refractivity contribution < 1.29 is 9.53 Å². The van der Waals surface area contributed by atoms with Crippen molar-refractivity contribution in [1.82, 2.24) is 14.8 Å². The van der Waals surface area contributed by atoms with Gasteiger partial charge in [0.05, 0.1) is 34.0 Å². The second-order valence-electron chi connectivity index (χ2n) is 6.34. The van der Waals surface area contributed by atoms with Gasteiger partial charge in [0, 0.05) is 10.4 Å². The van der Waals surface area contributed by atoms with Gasteiger partial charge in [-0.2, -0.15) is 9.78 Å². The zero-order chi connectivity index (χ0) is 19.3. The molecule has 4 heterocycles. The number of carbonyl (C=O) groups excluding carboxylic acids is 1. The van der Waals surface area contributed by atoms with Gasteiger partial charge in [-0.05, 0) is 36.6 Å². The van der Waals surface area contributed by atoms with E-state index in [1.807, 2.05) is 31.2 Å². The highest BCUT2D eigenvalue weighted by Crippen LogP contribution is 2.45. The summed E-state index contributed by atoms with van der Waals surface area (Å²) in [6.07, 6.45) is 0. The largest absolute Gasteiger partial charge is 0.497 e. The van der Waals surface area contributed by atoms with Crippen LogP contribution in [0.1, 0.15) is 21.4 Å². The summed E-state index contributed by atoms with van der Waals surface area (Å²) in [7, 11) is 1.65. The third-order valence-corrected chi connectivity index (χ3v) is 7.91. The van der Waals surface area contributed by atoms with Crippen molar-refractivity contribution in [3.63, 3.8) is 0 Å². The van der Waals surface area contributed by atoms with Gasteiger partial charge in [0.15, 0.2) is 0 Å². The predicted octanol–water partition coefficient (Wildman–Crippen LogP) is 4.64. The summed E-state index contributed by atoms with van der Waals surface area (Å²) in [5, 5.41) is 10.7. The average molecular weight is 429 g/mol. The van der Waals surface area contributed by atoms with Gasteiger partial charge in [-0.25, -0.2) is 4.98 Å². The lowest BCUT2D eigenvalue weighted by Crippen LogP contribution is -2.15. The number of thiazole rings is 1. The van der Waals surface area contributed by atoms with Crippen molar-refractivity contribution in [2.24, 2.45) is 0 Å². The van der Waals surface area contributed by atoms with Crippen molar-refractivity contribution in [3.05, 3.63) is 51.8 Å². The zero-order valence-corrected chi connectivity index (χ0v) is 17.6. The highest BCUT2D eigenvalue weighted by Gasteiger charge is 2.31. The Balaban J connectivity index is 1.68. The highest BCUT2D eigenvalue weighted by atomic mass is 32.2. The quantitative estimate of drug-likeness (QED) is 0.515. The fraction of sp³-hybridized carbons (Fsp3) is 0.211. The first-order valence-corrected chi connectivity index (χ1v) is 11.4. The Bertz CT molecular complexity index is 1180. The van der Waals surface area contributed by atoms with E-state index in [2.05, 4.69) is 16.8 Å². The molecule has 0 saturated heterocycles. The maximum absolute atomic E-state index is 12.4. The number of fused-ring (bicyclic) bond motifs is 2. The third-order valence-electron chi connectivity index (χ3n) is 4.57. The molecule has 0 fully saturated rings. The Labute approximate surface area is 173 Å². The first kappa shape index (κ1) is 17.7. The van der Waals surface area contributed by atoms with Gasteiger partial charge in [-0.15, -0.1) is 23.1 Å². The molecule has 0 bridgehead atoms. The molecule has 142 valence electrons. The number of aryl methyl sites for hydroxylation is 1. The number of aromatic nitrogens is 3. The van der Waals surface area contributed by atoms with Gasteiger partial charge in [-0.1, -0.05) is 17.4 Å². The van der Waals surface area contributed by atoms with Gasteiger partial charge in [0.25, 0.3) is 0 Å². The molecule has 0 spiro atoms. The van der Waals surface area contributed by atoms with Gasteiger partial charge >= 0.3 is 0 Å². The van der Waals surface area contributed by atoms with E-state index in [-0.39, 0.29) is 11.2 Å². The number of amides is 1. The number of methoxy groups -OCH3 is 1. The van der Waals surface area contributed by atoms with Crippen LogP contribution in [0.25, 0.3) is 15.3 Å². The van der Waals surface area contributed by atoms with E-state index < -0.39 is 0 Å². The summed E-state index contributed by atoms with van der Waals surface area (Å²) in [5.41, 5.74) is 2.84. The maximum atomic E-state index is 12.4. The Morgan fingerprint density at radius 3 is 3.00 bits per heavy atom. The molecule has 1 aliphatic heterocycles. The van der Waals surface area contributed by atoms with Crippen molar-refractivity contribution in [1.29, 1.82) is 0 Å². The second-order valence-corrected chi connectivity index (χ2v) is 9.43. The number of thiophene rings is 1. The number of hydrogen-bond acceptors (Lipinski definition) is 7. The van der Waals surface area contributed by atoms with Crippen LogP contribution < -0.4 is 10.1 Å². The van der Waals surface area contributed by atoms with Gasteiger partial charge in [0.2, 0.25) is 11.0 Å². The SMILES string of the molecule is COc1ccc2nc(-n3nc(C)c4c3NC(=O)CS[C@H]4c3cccs3)sc2c1. The Morgan fingerprint density at radius 2 is 2.21 bits per heavy atom. The average Bonchev–Trinajstić information content (AvgIpc) is 3.40. The van der Waals surface area contributed by atoms with E-state index in [1.165, 1.54) is 16.2 Å². The van der Waals surface area contributed by atoms with Crippen molar-refractivity contribution in [2.75, 3.05) is 18.2 Å². The molecule has 0 aliphatic carbocycles. The molecule has 0 radical (unpaired) electrons. The van der Waals surface area contributed by atoms with Gasteiger partial charge in [0.1, 0.15) is 11.6 Å². The minimum absolute atomic E-state index is 0.0192. The van der Waals surface area contributed by atoms with Crippen LogP contribution >= 0.6 is 34.4 Å². The fourth-order valence-corrected chi connectivity index (χ4v) is 6.42. The monoisotopic (exact) mass is 428 g/mol. The standard InChI is InChI=1S/C19H16N4O2S3/c1-10-16-17(13-4-3-7-26-13)27-9-15(24)21-18(16)23(22-10)19-20-12-6-5-11(25-2)8-14(12)28-19/h3-8,17H,9H2,1-2H3,(H,21,24)/t17-/m0/s1. The van der Waals surface area contributed by atoms with Crippen molar-refractivity contribution in [2.45, 2.75) is 12.2 Å². The first-order chi connectivity index (χ1) is 13.6. The normalized spacial score (nSPS) is 16.6. The third kappa shape index (κ3) is 2.90. The van der Waals surface area contributed by atoms with Crippen molar-refractivity contribution in [3.8, 4) is 10.9 Å². The lowest BCUT2D eigenvalue weighted by atomic mass is 10.1. The van der Waals surface area contributed by atoms with Crippen LogP contribution in [-0.4, -0.2) is 33.5 Å². The molecule has 5 rings (SSSR count). The lowest BCUT2D eigenvalue weighted by Gasteiger charge is -2.12. The van der Waals surface area contributed by atoms with Crippen molar-refractivity contribution >= 4 is 56.4 Å². The molecular formula is C19H16N4O2S3. The molecular weight excluding hydrogens is 412 g/mol. The van der Waals surface area contributed by atoms with E-state index >= 15 is 0 Å². The van der Waals surface area contributed by atoms with Crippen LogP contribution in [0.2, 0.25) is 0 Å². The first-order valence-electron chi connectivity index (χ1n) is 8.63. The van der Waals surface area contributed by atoms with E-state index in [1.54, 1.807) is 34.9 Å². The zero-order valence-electron chi connectivity index (χ0n) is 15.1. The molecule has 1 aromatic carbocycles. The number of nitrogens with zero attached hydrogens (tertiary/aromatic N) is 3. The summed E-state index contributed by atoms with van der Waals surface area (Å²) in [6.45, 7) is 1.99. The van der Waals surface area contributed by atoms with Crippen LogP contribution in [0.3, 0.4) is 0 Å². The smallest absolute Gasteiger partial charge is 0.235 e. The molecule has 6 nitrogen and oxygen atoms in total. The highest BCUT2D eigenvalue weighted by molar-refractivity contribution is 8.00. The van der Waals surface area contributed by atoms with Crippen LogP contribution in [-0.2, 0) is 4.79 Å². The van der Waals surface area contributed by atoms with Gasteiger partial charge < -0.3 is 10.1 Å². The fourth-order valence-electron chi connectivity index (χ4n) is 3.30. The number of benzene rings is 1. The molecule has 0 unspecified atom stereocenters.